The maximum Gasteiger partial charge on any atom is 0.252 e. The fourth-order valence-corrected chi connectivity index (χ4v) is 4.69. The Morgan fingerprint density at radius 2 is 1.67 bits per heavy atom. The van der Waals surface area contributed by atoms with E-state index in [1.807, 2.05) is 30.3 Å². The van der Waals surface area contributed by atoms with Crippen molar-refractivity contribution < 1.29 is 14.1 Å². The molecule has 6 heteroatoms. The number of carbonyl (C=O) groups excluding carboxylic acids is 2. The molecule has 1 heterocycles. The molecular formula is C24H23N3O3. The van der Waals surface area contributed by atoms with Crippen LogP contribution in [0.25, 0.3) is 11.1 Å². The van der Waals surface area contributed by atoms with Gasteiger partial charge < -0.3 is 9.84 Å². The predicted molar refractivity (Wildman–Crippen MR) is 111 cm³/mol. The number of benzene rings is 2. The number of ketones is 1. The predicted octanol–water partition coefficient (Wildman–Crippen LogP) is 4.57. The summed E-state index contributed by atoms with van der Waals surface area (Å²) in [4.78, 5) is 30.5. The molecule has 1 N–H and O–H groups in total. The van der Waals surface area contributed by atoms with Crippen LogP contribution in [0.1, 0.15) is 76.5 Å². The number of hydrogen-bond donors (Lipinski definition) is 1. The maximum absolute atomic E-state index is 13.3. The van der Waals surface area contributed by atoms with Crippen molar-refractivity contribution in [2.75, 3.05) is 0 Å². The van der Waals surface area contributed by atoms with Gasteiger partial charge in [-0.05, 0) is 36.1 Å². The van der Waals surface area contributed by atoms with E-state index in [1.165, 1.54) is 0 Å². The smallest absolute Gasteiger partial charge is 0.252 e. The first-order chi connectivity index (χ1) is 14.6. The topological polar surface area (TPSA) is 85.1 Å². The summed E-state index contributed by atoms with van der Waals surface area (Å²) in [6.45, 7) is 1.76. The number of fused-ring (bicyclic) bond motifs is 3. The van der Waals surface area contributed by atoms with Gasteiger partial charge in [-0.25, -0.2) is 0 Å². The molecule has 1 amide bonds. The van der Waals surface area contributed by atoms with Crippen LogP contribution in [0, 0.1) is 6.92 Å². The van der Waals surface area contributed by atoms with Gasteiger partial charge in [0.25, 0.3) is 5.91 Å². The van der Waals surface area contributed by atoms with Gasteiger partial charge in [-0.2, -0.15) is 4.98 Å². The lowest BCUT2D eigenvalue weighted by Gasteiger charge is -2.30. The summed E-state index contributed by atoms with van der Waals surface area (Å²) < 4.78 is 5.22. The molecule has 0 bridgehead atoms. The number of amides is 1. The van der Waals surface area contributed by atoms with E-state index in [-0.39, 0.29) is 11.7 Å². The lowest BCUT2D eigenvalue weighted by atomic mass is 9.88. The summed E-state index contributed by atoms with van der Waals surface area (Å²) in [6, 6.07) is 12.9. The Bertz CT molecular complexity index is 1140. The largest absolute Gasteiger partial charge is 0.340 e. The molecule has 3 aromatic rings. The summed E-state index contributed by atoms with van der Waals surface area (Å²) in [6.07, 6.45) is 5.78. The highest BCUT2D eigenvalue weighted by atomic mass is 16.5. The quantitative estimate of drug-likeness (QED) is 0.508. The van der Waals surface area contributed by atoms with E-state index in [0.29, 0.717) is 28.4 Å². The van der Waals surface area contributed by atoms with E-state index >= 15 is 0 Å². The van der Waals surface area contributed by atoms with Gasteiger partial charge in [-0.3, -0.25) is 9.59 Å². The Balaban J connectivity index is 1.48. The molecule has 30 heavy (non-hydrogen) atoms. The van der Waals surface area contributed by atoms with Crippen molar-refractivity contribution in [3.8, 4) is 11.1 Å². The Labute approximate surface area is 174 Å². The van der Waals surface area contributed by atoms with E-state index in [9.17, 15) is 9.59 Å². The molecule has 2 aliphatic rings. The van der Waals surface area contributed by atoms with E-state index in [1.54, 1.807) is 19.1 Å². The number of aryl methyl sites for hydroxylation is 1. The first kappa shape index (κ1) is 18.7. The van der Waals surface area contributed by atoms with Crippen LogP contribution in [0.15, 0.2) is 47.0 Å². The summed E-state index contributed by atoms with van der Waals surface area (Å²) in [5.74, 6) is 0.780. The van der Waals surface area contributed by atoms with Crippen molar-refractivity contribution in [1.82, 2.24) is 15.5 Å². The van der Waals surface area contributed by atoms with Crippen molar-refractivity contribution in [3.05, 3.63) is 70.9 Å². The monoisotopic (exact) mass is 401 g/mol. The molecule has 1 fully saturated rings. The van der Waals surface area contributed by atoms with Gasteiger partial charge in [0.1, 0.15) is 5.54 Å². The molecule has 0 spiro atoms. The van der Waals surface area contributed by atoms with Crippen LogP contribution < -0.4 is 5.32 Å². The summed E-state index contributed by atoms with van der Waals surface area (Å²) >= 11 is 0. The Kier molecular flexibility index (Phi) is 4.50. The van der Waals surface area contributed by atoms with Crippen molar-refractivity contribution in [1.29, 1.82) is 0 Å². The number of nitrogens with zero attached hydrogens (tertiary/aromatic N) is 2. The molecule has 1 aromatic heterocycles. The highest BCUT2D eigenvalue weighted by Gasteiger charge is 2.39. The van der Waals surface area contributed by atoms with Crippen molar-refractivity contribution in [3.63, 3.8) is 0 Å². The van der Waals surface area contributed by atoms with Gasteiger partial charge >= 0.3 is 0 Å². The third kappa shape index (κ3) is 3.03. The highest BCUT2D eigenvalue weighted by Crippen LogP contribution is 2.38. The maximum atomic E-state index is 13.3. The second kappa shape index (κ2) is 7.20. The number of carbonyl (C=O) groups is 2. The summed E-state index contributed by atoms with van der Waals surface area (Å²) in [5.41, 5.74) is 2.90. The third-order valence-electron chi connectivity index (χ3n) is 6.25. The van der Waals surface area contributed by atoms with Crippen molar-refractivity contribution >= 4 is 11.7 Å². The SMILES string of the molecule is Cc1nc(C2(NC(=O)c3ccc4c(c3)C(=O)c3ccccc3-4)CCCCCC2)no1. The molecular weight excluding hydrogens is 378 g/mol. The highest BCUT2D eigenvalue weighted by molar-refractivity contribution is 6.22. The fraction of sp³-hybridized carbons (Fsp3) is 0.333. The fourth-order valence-electron chi connectivity index (χ4n) is 4.69. The number of nitrogens with one attached hydrogen (secondary N) is 1. The van der Waals surface area contributed by atoms with Crippen LogP contribution in [0.5, 0.6) is 0 Å². The lowest BCUT2D eigenvalue weighted by molar-refractivity contribution is 0.0876. The van der Waals surface area contributed by atoms with Gasteiger partial charge in [0, 0.05) is 23.6 Å². The van der Waals surface area contributed by atoms with E-state index in [4.69, 9.17) is 4.52 Å². The van der Waals surface area contributed by atoms with Crippen LogP contribution in [0.2, 0.25) is 0 Å². The van der Waals surface area contributed by atoms with Gasteiger partial charge in [0.15, 0.2) is 11.6 Å². The number of rotatable bonds is 3. The van der Waals surface area contributed by atoms with Crippen LogP contribution >= 0.6 is 0 Å². The average Bonchev–Trinajstić information content (AvgIpc) is 3.22. The van der Waals surface area contributed by atoms with Crippen LogP contribution in [0.4, 0.5) is 0 Å². The molecule has 0 aliphatic heterocycles. The van der Waals surface area contributed by atoms with Crippen molar-refractivity contribution in [2.24, 2.45) is 0 Å². The first-order valence-electron chi connectivity index (χ1n) is 10.5. The lowest BCUT2D eigenvalue weighted by Crippen LogP contribution is -2.46. The zero-order chi connectivity index (χ0) is 20.7. The Hall–Kier alpha value is -3.28. The van der Waals surface area contributed by atoms with Gasteiger partial charge in [0.2, 0.25) is 5.89 Å². The second-order valence-electron chi connectivity index (χ2n) is 8.22. The van der Waals surface area contributed by atoms with Crippen LogP contribution in [-0.2, 0) is 5.54 Å². The minimum absolute atomic E-state index is 0.0341. The molecule has 0 unspecified atom stereocenters. The zero-order valence-corrected chi connectivity index (χ0v) is 16.9. The van der Waals surface area contributed by atoms with Gasteiger partial charge in [-0.15, -0.1) is 0 Å². The normalized spacial score (nSPS) is 17.2. The molecule has 6 nitrogen and oxygen atoms in total. The molecule has 2 aromatic carbocycles. The zero-order valence-electron chi connectivity index (χ0n) is 16.9. The molecule has 152 valence electrons. The average molecular weight is 401 g/mol. The second-order valence-corrected chi connectivity index (χ2v) is 8.22. The standard InChI is InChI=1S/C24H23N3O3/c1-15-25-23(27-30-15)24(12-6-2-3-7-13-24)26-22(29)16-10-11-18-17-8-4-5-9-19(17)21(28)20(18)14-16/h4-5,8-11,14H,2-3,6-7,12-13H2,1H3,(H,26,29). The summed E-state index contributed by atoms with van der Waals surface area (Å²) in [7, 11) is 0. The van der Waals surface area contributed by atoms with Gasteiger partial charge in [0.05, 0.1) is 0 Å². The van der Waals surface area contributed by atoms with Crippen LogP contribution in [-0.4, -0.2) is 21.8 Å². The molecule has 2 aliphatic carbocycles. The van der Waals surface area contributed by atoms with Crippen molar-refractivity contribution in [2.45, 2.75) is 51.0 Å². The minimum Gasteiger partial charge on any atom is -0.340 e. The van der Waals surface area contributed by atoms with Gasteiger partial charge in [-0.1, -0.05) is 61.2 Å². The number of aromatic nitrogens is 2. The molecule has 5 rings (SSSR count). The van der Waals surface area contributed by atoms with E-state index in [2.05, 4.69) is 15.5 Å². The first-order valence-corrected chi connectivity index (χ1v) is 10.5. The van der Waals surface area contributed by atoms with E-state index in [0.717, 1.165) is 49.7 Å². The van der Waals surface area contributed by atoms with E-state index < -0.39 is 5.54 Å². The number of hydrogen-bond acceptors (Lipinski definition) is 5. The molecule has 0 atom stereocenters. The summed E-state index contributed by atoms with van der Waals surface area (Å²) in [5, 5.41) is 7.35. The molecule has 1 saturated carbocycles. The molecule has 0 saturated heterocycles. The minimum atomic E-state index is -0.642. The Morgan fingerprint density at radius 3 is 2.37 bits per heavy atom. The third-order valence-corrected chi connectivity index (χ3v) is 6.25. The molecule has 0 radical (unpaired) electrons. The Morgan fingerprint density at radius 1 is 0.967 bits per heavy atom. The van der Waals surface area contributed by atoms with Crippen LogP contribution in [0.3, 0.4) is 0 Å².